The summed E-state index contributed by atoms with van der Waals surface area (Å²) in [5, 5.41) is 26.9. The lowest BCUT2D eigenvalue weighted by atomic mass is 9.93. The van der Waals surface area contributed by atoms with Crippen LogP contribution in [0.15, 0.2) is 28.7 Å². The summed E-state index contributed by atoms with van der Waals surface area (Å²) in [6.07, 6.45) is 1.32. The summed E-state index contributed by atoms with van der Waals surface area (Å²) in [6.45, 7) is 6.20. The van der Waals surface area contributed by atoms with Crippen LogP contribution in [-0.2, 0) is 5.41 Å². The van der Waals surface area contributed by atoms with E-state index >= 15 is 0 Å². The fourth-order valence-electron chi connectivity index (χ4n) is 1.59. The molecule has 1 heterocycles. The summed E-state index contributed by atoms with van der Waals surface area (Å²) in [5.41, 5.74) is 3.82. The number of nitrogens with zero attached hydrogens (tertiary/aromatic N) is 3. The van der Waals surface area contributed by atoms with E-state index in [1.54, 1.807) is 0 Å². The van der Waals surface area contributed by atoms with Gasteiger partial charge in [0.15, 0.2) is 0 Å². The number of aromatic nitrogens is 1. The molecule has 0 saturated carbocycles. The van der Waals surface area contributed by atoms with Gasteiger partial charge in [0.1, 0.15) is 5.75 Å². The van der Waals surface area contributed by atoms with E-state index in [0.717, 1.165) is 5.69 Å². The van der Waals surface area contributed by atoms with Crippen LogP contribution in [0.5, 0.6) is 5.75 Å². The third-order valence-corrected chi connectivity index (χ3v) is 3.61. The van der Waals surface area contributed by atoms with Gasteiger partial charge in [-0.25, -0.2) is 4.98 Å². The first-order chi connectivity index (χ1) is 10.3. The van der Waals surface area contributed by atoms with E-state index in [0.29, 0.717) is 5.13 Å². The monoisotopic (exact) mass is 320 g/mol. The Balaban J connectivity index is 2.11. The molecule has 2 rings (SSSR count). The average Bonchev–Trinajstić information content (AvgIpc) is 2.89. The number of hydrogen-bond donors (Lipinski definition) is 2. The molecule has 2 N–H and O–H groups in total. The summed E-state index contributed by atoms with van der Waals surface area (Å²) in [6, 6.07) is 3.75. The normalized spacial score (nSPS) is 11.8. The van der Waals surface area contributed by atoms with Gasteiger partial charge in [-0.3, -0.25) is 15.5 Å². The molecule has 0 aliphatic rings. The van der Waals surface area contributed by atoms with Crippen molar-refractivity contribution in [2.24, 2.45) is 5.10 Å². The SMILES string of the molecule is CC(C)(C)c1csc(N/N=C/c2cc([N+](=O)[O-])ccc2O)n1. The molecule has 116 valence electrons. The van der Waals surface area contributed by atoms with E-state index in [4.69, 9.17) is 0 Å². The van der Waals surface area contributed by atoms with Gasteiger partial charge in [-0.05, 0) is 6.07 Å². The summed E-state index contributed by atoms with van der Waals surface area (Å²) >= 11 is 1.42. The number of benzene rings is 1. The number of nitrogens with one attached hydrogen (secondary N) is 1. The smallest absolute Gasteiger partial charge is 0.270 e. The molecule has 1 aromatic carbocycles. The van der Waals surface area contributed by atoms with Gasteiger partial charge in [-0.1, -0.05) is 20.8 Å². The molecule has 0 saturated heterocycles. The maximum Gasteiger partial charge on any atom is 0.270 e. The molecule has 0 unspecified atom stereocenters. The Morgan fingerprint density at radius 2 is 2.18 bits per heavy atom. The van der Waals surface area contributed by atoms with Crippen LogP contribution in [0, 0.1) is 10.1 Å². The lowest BCUT2D eigenvalue weighted by Gasteiger charge is -2.13. The maximum atomic E-state index is 10.7. The first-order valence-electron chi connectivity index (χ1n) is 6.50. The summed E-state index contributed by atoms with van der Waals surface area (Å²) in [5.74, 6) is -0.0781. The molecule has 2 aromatic rings. The molecule has 0 aliphatic carbocycles. The van der Waals surface area contributed by atoms with Crippen molar-refractivity contribution in [2.45, 2.75) is 26.2 Å². The molecule has 0 aliphatic heterocycles. The van der Waals surface area contributed by atoms with Crippen LogP contribution >= 0.6 is 11.3 Å². The Labute approximate surface area is 131 Å². The van der Waals surface area contributed by atoms with Gasteiger partial charge in [0, 0.05) is 28.5 Å². The molecule has 0 radical (unpaired) electrons. The van der Waals surface area contributed by atoms with E-state index in [9.17, 15) is 15.2 Å². The zero-order valence-electron chi connectivity index (χ0n) is 12.4. The molecule has 7 nitrogen and oxygen atoms in total. The van der Waals surface area contributed by atoms with Gasteiger partial charge in [0.05, 0.1) is 16.8 Å². The van der Waals surface area contributed by atoms with Crippen molar-refractivity contribution in [3.63, 3.8) is 0 Å². The lowest BCUT2D eigenvalue weighted by molar-refractivity contribution is -0.384. The second kappa shape index (κ2) is 6.10. The topological polar surface area (TPSA) is 101 Å². The molecule has 0 bridgehead atoms. The number of non-ortho nitro benzene ring substituents is 1. The predicted molar refractivity (Wildman–Crippen MR) is 86.8 cm³/mol. The molecule has 0 spiro atoms. The van der Waals surface area contributed by atoms with Crippen molar-refractivity contribution < 1.29 is 10.0 Å². The number of rotatable bonds is 4. The zero-order valence-corrected chi connectivity index (χ0v) is 13.2. The first-order valence-corrected chi connectivity index (χ1v) is 7.38. The molecule has 22 heavy (non-hydrogen) atoms. The Morgan fingerprint density at radius 1 is 1.45 bits per heavy atom. The number of anilines is 1. The van der Waals surface area contributed by atoms with Gasteiger partial charge in [0.2, 0.25) is 5.13 Å². The lowest BCUT2D eigenvalue weighted by Crippen LogP contribution is -2.11. The molecule has 0 fully saturated rings. The van der Waals surface area contributed by atoms with Crippen molar-refractivity contribution in [2.75, 3.05) is 5.43 Å². The van der Waals surface area contributed by atoms with Gasteiger partial charge in [-0.2, -0.15) is 5.10 Å². The standard InChI is InChI=1S/C14H16N4O3S/c1-14(2,3)12-8-22-13(16-12)17-15-7-9-6-10(18(20)21)4-5-11(9)19/h4-8,19H,1-3H3,(H,16,17)/b15-7+. The predicted octanol–water partition coefficient (Wildman–Crippen LogP) is 3.50. The van der Waals surface area contributed by atoms with Crippen molar-refractivity contribution in [3.05, 3.63) is 45.0 Å². The quantitative estimate of drug-likeness (QED) is 0.510. The summed E-state index contributed by atoms with van der Waals surface area (Å²) in [7, 11) is 0. The van der Waals surface area contributed by atoms with E-state index in [2.05, 4.69) is 36.3 Å². The van der Waals surface area contributed by atoms with Crippen LogP contribution in [-0.4, -0.2) is 21.2 Å². The zero-order chi connectivity index (χ0) is 16.3. The second-order valence-electron chi connectivity index (χ2n) is 5.66. The highest BCUT2D eigenvalue weighted by atomic mass is 32.1. The third-order valence-electron chi connectivity index (χ3n) is 2.86. The van der Waals surface area contributed by atoms with Crippen LogP contribution in [0.3, 0.4) is 0 Å². The largest absolute Gasteiger partial charge is 0.507 e. The Hall–Kier alpha value is -2.48. The fraction of sp³-hybridized carbons (Fsp3) is 0.286. The molecular weight excluding hydrogens is 304 g/mol. The summed E-state index contributed by atoms with van der Waals surface area (Å²) < 4.78 is 0. The average molecular weight is 320 g/mol. The molecule has 1 aromatic heterocycles. The number of hydrazone groups is 1. The number of thiazole rings is 1. The third kappa shape index (κ3) is 3.79. The summed E-state index contributed by atoms with van der Waals surface area (Å²) in [4.78, 5) is 14.6. The van der Waals surface area contributed by atoms with Crippen molar-refractivity contribution in [1.82, 2.24) is 4.98 Å². The highest BCUT2D eigenvalue weighted by Gasteiger charge is 2.17. The molecule has 0 amide bonds. The molecule has 8 heteroatoms. The first kappa shape index (κ1) is 15.9. The number of nitro benzene ring substituents is 1. The van der Waals surface area contributed by atoms with Crippen molar-refractivity contribution in [3.8, 4) is 5.75 Å². The number of aromatic hydroxyl groups is 1. The van der Waals surface area contributed by atoms with Gasteiger partial charge < -0.3 is 5.11 Å². The minimum atomic E-state index is -0.527. The van der Waals surface area contributed by atoms with Crippen molar-refractivity contribution in [1.29, 1.82) is 0 Å². The minimum Gasteiger partial charge on any atom is -0.507 e. The van der Waals surface area contributed by atoms with Crippen molar-refractivity contribution >= 4 is 28.4 Å². The fourth-order valence-corrected chi connectivity index (χ4v) is 2.47. The van der Waals surface area contributed by atoms with Gasteiger partial charge in [-0.15, -0.1) is 11.3 Å². The van der Waals surface area contributed by atoms with Crippen LogP contribution in [0.2, 0.25) is 0 Å². The van der Waals surface area contributed by atoms with Crippen LogP contribution in [0.4, 0.5) is 10.8 Å². The van der Waals surface area contributed by atoms with Crippen LogP contribution in [0.25, 0.3) is 0 Å². The van der Waals surface area contributed by atoms with Crippen LogP contribution in [0.1, 0.15) is 32.0 Å². The molecular formula is C14H16N4O3S. The van der Waals surface area contributed by atoms with E-state index in [-0.39, 0.29) is 22.4 Å². The van der Waals surface area contributed by atoms with Crippen LogP contribution < -0.4 is 5.43 Å². The highest BCUT2D eigenvalue weighted by molar-refractivity contribution is 7.13. The van der Waals surface area contributed by atoms with E-state index < -0.39 is 4.92 Å². The van der Waals surface area contributed by atoms with E-state index in [1.807, 2.05) is 5.38 Å². The maximum absolute atomic E-state index is 10.7. The number of phenols is 1. The Bertz CT molecular complexity index is 719. The minimum absolute atomic E-state index is 0.0432. The molecule has 0 atom stereocenters. The Morgan fingerprint density at radius 3 is 2.77 bits per heavy atom. The van der Waals surface area contributed by atoms with E-state index in [1.165, 1.54) is 35.8 Å². The Kier molecular flexibility index (Phi) is 4.41. The number of phenolic OH excluding ortho intramolecular Hbond substituents is 1. The van der Waals surface area contributed by atoms with Gasteiger partial charge >= 0.3 is 0 Å². The number of hydrogen-bond acceptors (Lipinski definition) is 7. The van der Waals surface area contributed by atoms with Gasteiger partial charge in [0.25, 0.3) is 5.69 Å². The highest BCUT2D eigenvalue weighted by Crippen LogP contribution is 2.26. The number of nitro groups is 1. The second-order valence-corrected chi connectivity index (χ2v) is 6.52.